The molecule has 1 fully saturated rings. The molecule has 1 aromatic carbocycles. The van der Waals surface area contributed by atoms with Gasteiger partial charge in [0.1, 0.15) is 0 Å². The zero-order valence-corrected chi connectivity index (χ0v) is 18.8. The smallest absolute Gasteiger partial charge is 0.393 e. The first kappa shape index (κ1) is 27.1. The van der Waals surface area contributed by atoms with E-state index in [-0.39, 0.29) is 37.0 Å². The van der Waals surface area contributed by atoms with Crippen molar-refractivity contribution in [1.82, 2.24) is 5.32 Å². The van der Waals surface area contributed by atoms with Crippen molar-refractivity contribution in [1.29, 1.82) is 0 Å². The number of nitrogens with one attached hydrogen (secondary N) is 1. The molecular formula is C25H34F3NO4. The number of aryl methyl sites for hydroxylation is 1. The third-order valence-corrected chi connectivity index (χ3v) is 6.08. The highest BCUT2D eigenvalue weighted by atomic mass is 19.4. The first-order valence-corrected chi connectivity index (χ1v) is 11.4. The lowest BCUT2D eigenvalue weighted by Crippen LogP contribution is -2.20. The van der Waals surface area contributed by atoms with E-state index in [9.17, 15) is 33.3 Å². The van der Waals surface area contributed by atoms with Crippen LogP contribution in [0.2, 0.25) is 0 Å². The van der Waals surface area contributed by atoms with Crippen molar-refractivity contribution in [2.45, 2.75) is 69.4 Å². The zero-order valence-electron chi connectivity index (χ0n) is 18.8. The van der Waals surface area contributed by atoms with Gasteiger partial charge in [0.15, 0.2) is 0 Å². The van der Waals surface area contributed by atoms with Crippen molar-refractivity contribution in [3.63, 3.8) is 0 Å². The summed E-state index contributed by atoms with van der Waals surface area (Å²) >= 11 is 0. The van der Waals surface area contributed by atoms with E-state index in [1.807, 2.05) is 12.2 Å². The van der Waals surface area contributed by atoms with E-state index in [1.165, 1.54) is 6.07 Å². The maximum atomic E-state index is 12.8. The molecular weight excluding hydrogens is 435 g/mol. The Morgan fingerprint density at radius 3 is 2.70 bits per heavy atom. The first-order valence-electron chi connectivity index (χ1n) is 11.4. The molecule has 0 aromatic heterocycles. The summed E-state index contributed by atoms with van der Waals surface area (Å²) in [5, 5.41) is 33.5. The zero-order chi connectivity index (χ0) is 24.4. The second kappa shape index (κ2) is 12.9. The van der Waals surface area contributed by atoms with Crippen LogP contribution in [-0.4, -0.2) is 46.6 Å². The van der Waals surface area contributed by atoms with Gasteiger partial charge in [-0.3, -0.25) is 4.79 Å². The second-order valence-corrected chi connectivity index (χ2v) is 8.57. The summed E-state index contributed by atoms with van der Waals surface area (Å²) in [6, 6.07) is 5.06. The van der Waals surface area contributed by atoms with Crippen LogP contribution in [0.15, 0.2) is 48.6 Å². The standard InChI is InChI=1S/C25H34F3NO4/c1-29-24(33)10-5-3-2-4-9-20-21(23(32)16-22(20)31)14-13-19(30)12-11-17-7-6-8-18(15-17)25(26,27)28/h2,4,6-8,13-15,19-23,30-32H,3,5,9-12,16H2,1H3,(H,29,33)/t19-,20+,21+,22-,23+/m0/s1. The molecule has 33 heavy (non-hydrogen) atoms. The molecule has 1 aliphatic carbocycles. The Kier molecular flexibility index (Phi) is 10.6. The number of rotatable bonds is 11. The number of aliphatic hydroxyl groups is 3. The van der Waals surface area contributed by atoms with E-state index in [4.69, 9.17) is 0 Å². The van der Waals surface area contributed by atoms with Gasteiger partial charge in [0.05, 0.1) is 23.9 Å². The van der Waals surface area contributed by atoms with E-state index in [0.717, 1.165) is 25.0 Å². The number of hydrogen-bond acceptors (Lipinski definition) is 4. The average molecular weight is 470 g/mol. The van der Waals surface area contributed by atoms with E-state index in [0.29, 0.717) is 18.4 Å². The summed E-state index contributed by atoms with van der Waals surface area (Å²) in [6.45, 7) is 0. The van der Waals surface area contributed by atoms with Gasteiger partial charge in [-0.05, 0) is 49.7 Å². The van der Waals surface area contributed by atoms with Crippen molar-refractivity contribution < 1.29 is 33.3 Å². The van der Waals surface area contributed by atoms with Crippen molar-refractivity contribution in [2.24, 2.45) is 11.8 Å². The maximum Gasteiger partial charge on any atom is 0.416 e. The largest absolute Gasteiger partial charge is 0.416 e. The van der Waals surface area contributed by atoms with Crippen LogP contribution in [-0.2, 0) is 17.4 Å². The third-order valence-electron chi connectivity index (χ3n) is 6.08. The van der Waals surface area contributed by atoms with Crippen LogP contribution in [0.4, 0.5) is 13.2 Å². The molecule has 0 unspecified atom stereocenters. The number of carbonyl (C=O) groups is 1. The summed E-state index contributed by atoms with van der Waals surface area (Å²) in [5.74, 6) is -0.518. The average Bonchev–Trinajstić information content (AvgIpc) is 3.04. The predicted molar refractivity (Wildman–Crippen MR) is 120 cm³/mol. The molecule has 1 aromatic rings. The number of unbranched alkanes of at least 4 members (excludes halogenated alkanes) is 1. The number of alkyl halides is 3. The fourth-order valence-corrected chi connectivity index (χ4v) is 4.15. The highest BCUT2D eigenvalue weighted by Gasteiger charge is 2.39. The van der Waals surface area contributed by atoms with Gasteiger partial charge in [0.2, 0.25) is 5.91 Å². The van der Waals surface area contributed by atoms with Gasteiger partial charge >= 0.3 is 6.18 Å². The Hall–Kier alpha value is -2.16. The molecule has 4 N–H and O–H groups in total. The highest BCUT2D eigenvalue weighted by Crippen LogP contribution is 2.36. The molecule has 0 aliphatic heterocycles. The highest BCUT2D eigenvalue weighted by molar-refractivity contribution is 5.75. The maximum absolute atomic E-state index is 12.8. The fraction of sp³-hybridized carbons (Fsp3) is 0.560. The van der Waals surface area contributed by atoms with Crippen LogP contribution in [0.1, 0.15) is 49.7 Å². The monoisotopic (exact) mass is 469 g/mol. The van der Waals surface area contributed by atoms with Crippen LogP contribution in [0.25, 0.3) is 0 Å². The molecule has 0 spiro atoms. The molecule has 2 rings (SSSR count). The molecule has 0 saturated heterocycles. The van der Waals surface area contributed by atoms with E-state index in [2.05, 4.69) is 5.32 Å². The summed E-state index contributed by atoms with van der Waals surface area (Å²) in [6.07, 6.45) is 3.80. The molecule has 5 atom stereocenters. The first-order chi connectivity index (χ1) is 15.6. The Morgan fingerprint density at radius 2 is 2.00 bits per heavy atom. The van der Waals surface area contributed by atoms with Crippen LogP contribution in [0.3, 0.4) is 0 Å². The van der Waals surface area contributed by atoms with E-state index < -0.39 is 30.1 Å². The number of hydrogen-bond donors (Lipinski definition) is 4. The predicted octanol–water partition coefficient (Wildman–Crippen LogP) is 3.78. The van der Waals surface area contributed by atoms with Crippen molar-refractivity contribution in [2.75, 3.05) is 7.05 Å². The SMILES string of the molecule is CNC(=O)CCCC=CC[C@@H]1[C@@H](C=C[C@@H](O)CCc2cccc(C(F)(F)F)c2)[C@H](O)C[C@@H]1O. The number of benzene rings is 1. The van der Waals surface area contributed by atoms with Gasteiger partial charge in [0.25, 0.3) is 0 Å². The van der Waals surface area contributed by atoms with Gasteiger partial charge in [-0.1, -0.05) is 42.5 Å². The van der Waals surface area contributed by atoms with Gasteiger partial charge < -0.3 is 20.6 Å². The minimum absolute atomic E-state index is 0.00504. The number of allylic oxidation sites excluding steroid dienone is 2. The minimum atomic E-state index is -4.40. The molecule has 0 heterocycles. The lowest BCUT2D eigenvalue weighted by atomic mass is 9.89. The summed E-state index contributed by atoms with van der Waals surface area (Å²) in [4.78, 5) is 11.2. The van der Waals surface area contributed by atoms with Gasteiger partial charge in [0, 0.05) is 25.8 Å². The molecule has 0 bridgehead atoms. The van der Waals surface area contributed by atoms with Crippen molar-refractivity contribution in [3.8, 4) is 0 Å². The van der Waals surface area contributed by atoms with Crippen LogP contribution in [0.5, 0.6) is 0 Å². The second-order valence-electron chi connectivity index (χ2n) is 8.57. The van der Waals surface area contributed by atoms with Crippen molar-refractivity contribution in [3.05, 3.63) is 59.7 Å². The number of amides is 1. The fourth-order valence-electron chi connectivity index (χ4n) is 4.15. The molecule has 1 saturated carbocycles. The van der Waals surface area contributed by atoms with E-state index in [1.54, 1.807) is 25.3 Å². The van der Waals surface area contributed by atoms with Gasteiger partial charge in [-0.15, -0.1) is 0 Å². The Morgan fingerprint density at radius 1 is 1.24 bits per heavy atom. The Labute approximate surface area is 193 Å². The number of halogens is 3. The quantitative estimate of drug-likeness (QED) is 0.293. The summed E-state index contributed by atoms with van der Waals surface area (Å²) < 4.78 is 38.5. The Balaban J connectivity index is 1.86. The minimum Gasteiger partial charge on any atom is -0.393 e. The van der Waals surface area contributed by atoms with Crippen LogP contribution < -0.4 is 5.32 Å². The number of aliphatic hydroxyl groups excluding tert-OH is 3. The van der Waals surface area contributed by atoms with Crippen molar-refractivity contribution >= 4 is 5.91 Å². The molecule has 0 radical (unpaired) electrons. The Bertz CT molecular complexity index is 809. The molecule has 184 valence electrons. The molecule has 1 amide bonds. The summed E-state index contributed by atoms with van der Waals surface area (Å²) in [5.41, 5.74) is -0.217. The normalized spacial score (nSPS) is 24.6. The summed E-state index contributed by atoms with van der Waals surface area (Å²) in [7, 11) is 1.60. The third kappa shape index (κ3) is 8.95. The lowest BCUT2D eigenvalue weighted by molar-refractivity contribution is -0.137. The van der Waals surface area contributed by atoms with Crippen LogP contribution >= 0.6 is 0 Å². The van der Waals surface area contributed by atoms with Gasteiger partial charge in [-0.2, -0.15) is 13.2 Å². The van der Waals surface area contributed by atoms with Gasteiger partial charge in [-0.25, -0.2) is 0 Å². The topological polar surface area (TPSA) is 89.8 Å². The molecule has 1 aliphatic rings. The van der Waals surface area contributed by atoms with Crippen LogP contribution in [0, 0.1) is 11.8 Å². The molecule has 5 nitrogen and oxygen atoms in total. The molecule has 8 heteroatoms. The van der Waals surface area contributed by atoms with E-state index >= 15 is 0 Å². The number of carbonyl (C=O) groups excluding carboxylic acids is 1. The lowest BCUT2D eigenvalue weighted by Gasteiger charge is -2.19.